The molecule has 2 aromatic heterocycles. The van der Waals surface area contributed by atoms with Crippen molar-refractivity contribution in [1.29, 1.82) is 0 Å². The van der Waals surface area contributed by atoms with Crippen LogP contribution in [0.1, 0.15) is 15.9 Å². The summed E-state index contributed by atoms with van der Waals surface area (Å²) in [6, 6.07) is 19.6. The smallest absolute Gasteiger partial charge is 0.257 e. The van der Waals surface area contributed by atoms with Gasteiger partial charge in [-0.1, -0.05) is 18.2 Å². The molecule has 1 aliphatic heterocycles. The molecule has 178 valence electrons. The van der Waals surface area contributed by atoms with Crippen LogP contribution in [0.25, 0.3) is 10.8 Å². The lowest BCUT2D eigenvalue weighted by Crippen LogP contribution is -2.36. The van der Waals surface area contributed by atoms with Crippen molar-refractivity contribution in [2.45, 2.75) is 6.42 Å². The van der Waals surface area contributed by atoms with Crippen LogP contribution in [0.4, 0.5) is 11.5 Å². The Morgan fingerprint density at radius 3 is 2.97 bits per heavy atom. The van der Waals surface area contributed by atoms with Crippen molar-refractivity contribution in [1.82, 2.24) is 14.9 Å². The van der Waals surface area contributed by atoms with E-state index < -0.39 is 0 Å². The third kappa shape index (κ3) is 5.41. The summed E-state index contributed by atoms with van der Waals surface area (Å²) in [7, 11) is 1.63. The molecular formula is C28H28N4O3. The minimum absolute atomic E-state index is 0.0540. The van der Waals surface area contributed by atoms with Gasteiger partial charge in [0.25, 0.3) is 5.91 Å². The molecule has 1 fully saturated rings. The van der Waals surface area contributed by atoms with Gasteiger partial charge in [0.1, 0.15) is 11.6 Å². The van der Waals surface area contributed by atoms with E-state index in [1.165, 1.54) is 10.9 Å². The van der Waals surface area contributed by atoms with Crippen LogP contribution in [0.3, 0.4) is 0 Å². The highest BCUT2D eigenvalue weighted by Gasteiger charge is 2.25. The molecule has 7 nitrogen and oxygen atoms in total. The summed E-state index contributed by atoms with van der Waals surface area (Å²) in [6.45, 7) is 2.31. The van der Waals surface area contributed by atoms with Gasteiger partial charge in [-0.2, -0.15) is 0 Å². The average molecular weight is 469 g/mol. The molecule has 0 saturated carbocycles. The van der Waals surface area contributed by atoms with E-state index in [-0.39, 0.29) is 11.8 Å². The molecular weight excluding hydrogens is 440 g/mol. The molecule has 2 aromatic carbocycles. The number of ether oxygens (including phenoxy) is 2. The highest BCUT2D eigenvalue weighted by atomic mass is 16.5. The van der Waals surface area contributed by atoms with Crippen LogP contribution in [0.5, 0.6) is 5.75 Å². The monoisotopic (exact) mass is 468 g/mol. The number of amides is 1. The summed E-state index contributed by atoms with van der Waals surface area (Å²) >= 11 is 0. The van der Waals surface area contributed by atoms with Crippen LogP contribution in [-0.2, 0) is 11.2 Å². The second-order valence-electron chi connectivity index (χ2n) is 8.71. The van der Waals surface area contributed by atoms with Gasteiger partial charge < -0.3 is 19.7 Å². The predicted molar refractivity (Wildman–Crippen MR) is 136 cm³/mol. The van der Waals surface area contributed by atoms with Crippen LogP contribution >= 0.6 is 0 Å². The molecule has 5 rings (SSSR count). The molecule has 4 aromatic rings. The zero-order valence-electron chi connectivity index (χ0n) is 19.7. The standard InChI is InChI=1S/C28H28N4O3/c1-34-25-5-2-4-24(16-25)31-27-26(6-3-10-30-27)28(33)32-12-13-35-19-21(18-32)14-20-7-8-22-9-11-29-17-23(22)15-20/h2-11,15-17,21H,12-14,18-19H2,1H3,(H,30,31). The molecule has 1 aliphatic rings. The molecule has 0 radical (unpaired) electrons. The highest BCUT2D eigenvalue weighted by molar-refractivity contribution is 5.99. The van der Waals surface area contributed by atoms with Gasteiger partial charge in [-0.3, -0.25) is 9.78 Å². The minimum Gasteiger partial charge on any atom is -0.497 e. The third-order valence-corrected chi connectivity index (χ3v) is 6.22. The summed E-state index contributed by atoms with van der Waals surface area (Å²) in [5.41, 5.74) is 2.56. The topological polar surface area (TPSA) is 76.6 Å². The predicted octanol–water partition coefficient (Wildman–Crippen LogP) is 4.71. The number of fused-ring (bicyclic) bond motifs is 1. The van der Waals surface area contributed by atoms with Crippen molar-refractivity contribution >= 4 is 28.2 Å². The maximum Gasteiger partial charge on any atom is 0.257 e. The number of methoxy groups -OCH3 is 1. The van der Waals surface area contributed by atoms with E-state index in [2.05, 4.69) is 33.5 Å². The fourth-order valence-corrected chi connectivity index (χ4v) is 4.47. The Bertz CT molecular complexity index is 1330. The molecule has 1 atom stereocenters. The quantitative estimate of drug-likeness (QED) is 0.442. The van der Waals surface area contributed by atoms with Crippen LogP contribution in [0.15, 0.2) is 79.3 Å². The summed E-state index contributed by atoms with van der Waals surface area (Å²) in [4.78, 5) is 24.2. The van der Waals surface area contributed by atoms with Crippen molar-refractivity contribution in [2.75, 3.05) is 38.7 Å². The maximum absolute atomic E-state index is 13.6. The first-order chi connectivity index (χ1) is 17.2. The normalized spacial score (nSPS) is 16.0. The summed E-state index contributed by atoms with van der Waals surface area (Å²) < 4.78 is 11.2. The second kappa shape index (κ2) is 10.5. The number of carbonyl (C=O) groups is 1. The van der Waals surface area contributed by atoms with Gasteiger partial charge in [-0.05, 0) is 53.8 Å². The zero-order valence-corrected chi connectivity index (χ0v) is 19.7. The number of rotatable bonds is 6. The molecule has 0 aliphatic carbocycles. The number of hydrogen-bond donors (Lipinski definition) is 1. The van der Waals surface area contributed by atoms with Crippen molar-refractivity contribution in [3.8, 4) is 5.75 Å². The summed E-state index contributed by atoms with van der Waals surface area (Å²) in [5.74, 6) is 1.40. The maximum atomic E-state index is 13.6. The molecule has 3 heterocycles. The molecule has 7 heteroatoms. The summed E-state index contributed by atoms with van der Waals surface area (Å²) in [6.07, 6.45) is 6.21. The number of nitrogens with zero attached hydrogens (tertiary/aromatic N) is 3. The van der Waals surface area contributed by atoms with E-state index >= 15 is 0 Å². The van der Waals surface area contributed by atoms with Gasteiger partial charge >= 0.3 is 0 Å². The highest BCUT2D eigenvalue weighted by Crippen LogP contribution is 2.25. The van der Waals surface area contributed by atoms with E-state index in [9.17, 15) is 4.79 Å². The van der Waals surface area contributed by atoms with Crippen LogP contribution < -0.4 is 10.1 Å². The minimum atomic E-state index is -0.0540. The number of aromatic nitrogens is 2. The molecule has 1 amide bonds. The Morgan fingerprint density at radius 1 is 1.11 bits per heavy atom. The van der Waals surface area contributed by atoms with E-state index in [4.69, 9.17) is 9.47 Å². The molecule has 35 heavy (non-hydrogen) atoms. The van der Waals surface area contributed by atoms with E-state index in [1.807, 2.05) is 47.5 Å². The molecule has 1 unspecified atom stereocenters. The molecule has 1 saturated heterocycles. The molecule has 1 N–H and O–H groups in total. The third-order valence-electron chi connectivity index (χ3n) is 6.22. The van der Waals surface area contributed by atoms with Crippen molar-refractivity contribution in [3.63, 3.8) is 0 Å². The van der Waals surface area contributed by atoms with Gasteiger partial charge in [-0.25, -0.2) is 4.98 Å². The van der Waals surface area contributed by atoms with E-state index in [0.29, 0.717) is 37.7 Å². The first-order valence-electron chi connectivity index (χ1n) is 11.8. The van der Waals surface area contributed by atoms with Gasteiger partial charge in [0, 0.05) is 54.7 Å². The van der Waals surface area contributed by atoms with E-state index in [0.717, 1.165) is 23.2 Å². The lowest BCUT2D eigenvalue weighted by Gasteiger charge is -2.24. The first kappa shape index (κ1) is 22.8. The van der Waals surface area contributed by atoms with Crippen molar-refractivity contribution < 1.29 is 14.3 Å². The van der Waals surface area contributed by atoms with Crippen LogP contribution in [0, 0.1) is 5.92 Å². The van der Waals surface area contributed by atoms with Gasteiger partial charge in [0.2, 0.25) is 0 Å². The Balaban J connectivity index is 1.33. The largest absolute Gasteiger partial charge is 0.497 e. The number of carbonyl (C=O) groups excluding carboxylic acids is 1. The fourth-order valence-electron chi connectivity index (χ4n) is 4.47. The Kier molecular flexibility index (Phi) is 6.86. The number of benzene rings is 2. The SMILES string of the molecule is COc1cccc(Nc2ncccc2C(=O)N2CCOCC(Cc3ccc4ccncc4c3)C2)c1. The van der Waals surface area contributed by atoms with Gasteiger partial charge in [-0.15, -0.1) is 0 Å². The molecule has 0 bridgehead atoms. The van der Waals surface area contributed by atoms with Crippen molar-refractivity contribution in [3.05, 3.63) is 90.4 Å². The first-order valence-corrected chi connectivity index (χ1v) is 11.8. The average Bonchev–Trinajstić information content (AvgIpc) is 3.14. The van der Waals surface area contributed by atoms with Crippen LogP contribution in [0.2, 0.25) is 0 Å². The van der Waals surface area contributed by atoms with Crippen LogP contribution in [-0.4, -0.2) is 54.2 Å². The lowest BCUT2D eigenvalue weighted by atomic mass is 9.97. The zero-order chi connectivity index (χ0) is 24.0. The Morgan fingerprint density at radius 2 is 2.06 bits per heavy atom. The van der Waals surface area contributed by atoms with Crippen molar-refractivity contribution in [2.24, 2.45) is 5.92 Å². The Hall–Kier alpha value is -3.97. The number of hydrogen-bond acceptors (Lipinski definition) is 6. The van der Waals surface area contributed by atoms with E-state index in [1.54, 1.807) is 25.6 Å². The Labute approximate surface area is 204 Å². The number of anilines is 2. The number of nitrogens with one attached hydrogen (secondary N) is 1. The summed E-state index contributed by atoms with van der Waals surface area (Å²) in [5, 5.41) is 5.57. The second-order valence-corrected chi connectivity index (χ2v) is 8.71. The molecule has 0 spiro atoms. The van der Waals surface area contributed by atoms with Gasteiger partial charge in [0.15, 0.2) is 0 Å². The van der Waals surface area contributed by atoms with Gasteiger partial charge in [0.05, 0.1) is 25.9 Å². The fraction of sp³-hybridized carbons (Fsp3) is 0.250. The lowest BCUT2D eigenvalue weighted by molar-refractivity contribution is 0.0738. The number of pyridine rings is 2.